The fraction of sp³-hybridized carbons (Fsp3) is 0.214. The summed E-state index contributed by atoms with van der Waals surface area (Å²) in [6.07, 6.45) is 0. The van der Waals surface area contributed by atoms with E-state index in [-0.39, 0.29) is 16.8 Å². The molecule has 110 valence electrons. The molecule has 1 N–H and O–H groups in total. The second-order valence-corrected chi connectivity index (χ2v) is 4.45. The molecule has 21 heavy (non-hydrogen) atoms. The van der Waals surface area contributed by atoms with E-state index in [9.17, 15) is 4.79 Å². The Morgan fingerprint density at radius 3 is 2.52 bits per heavy atom. The van der Waals surface area contributed by atoms with Gasteiger partial charge < -0.3 is 14.8 Å². The number of methoxy groups -OCH3 is 1. The third-order valence-corrected chi connectivity index (χ3v) is 2.73. The van der Waals surface area contributed by atoms with Crippen molar-refractivity contribution in [1.82, 2.24) is 10.2 Å². The molecule has 0 unspecified atom stereocenters. The SMILES string of the molecule is COCCOc1ccc(NC(=O)c2ccc(Cl)nn2)cc1. The molecule has 2 aromatic rings. The van der Waals surface area contributed by atoms with E-state index < -0.39 is 0 Å². The molecule has 0 saturated heterocycles. The minimum atomic E-state index is -0.354. The largest absolute Gasteiger partial charge is 0.491 e. The number of benzene rings is 1. The second kappa shape index (κ2) is 7.56. The molecule has 1 amide bonds. The Balaban J connectivity index is 1.93. The van der Waals surface area contributed by atoms with E-state index in [0.717, 1.165) is 0 Å². The van der Waals surface area contributed by atoms with Crippen LogP contribution in [0, 0.1) is 0 Å². The van der Waals surface area contributed by atoms with Crippen molar-refractivity contribution in [1.29, 1.82) is 0 Å². The first-order valence-electron chi connectivity index (χ1n) is 6.21. The molecular weight excluding hydrogens is 294 g/mol. The lowest BCUT2D eigenvalue weighted by atomic mass is 10.3. The molecule has 1 heterocycles. The highest BCUT2D eigenvalue weighted by Crippen LogP contribution is 2.16. The molecule has 0 fully saturated rings. The normalized spacial score (nSPS) is 10.2. The van der Waals surface area contributed by atoms with Gasteiger partial charge in [0.25, 0.3) is 5.91 Å². The van der Waals surface area contributed by atoms with Crippen LogP contribution in [0.25, 0.3) is 0 Å². The molecule has 0 aliphatic heterocycles. The molecule has 0 aliphatic rings. The van der Waals surface area contributed by atoms with Crippen LogP contribution in [0.3, 0.4) is 0 Å². The number of anilines is 1. The Labute approximate surface area is 127 Å². The molecule has 0 bridgehead atoms. The molecule has 7 heteroatoms. The minimum absolute atomic E-state index is 0.194. The van der Waals surface area contributed by atoms with Crippen LogP contribution in [0.4, 0.5) is 5.69 Å². The van der Waals surface area contributed by atoms with Crippen molar-refractivity contribution in [3.63, 3.8) is 0 Å². The second-order valence-electron chi connectivity index (χ2n) is 4.06. The van der Waals surface area contributed by atoms with Gasteiger partial charge in [0.1, 0.15) is 12.4 Å². The molecule has 2 rings (SSSR count). The Morgan fingerprint density at radius 1 is 1.14 bits per heavy atom. The maximum absolute atomic E-state index is 11.9. The van der Waals surface area contributed by atoms with Crippen LogP contribution in [0.1, 0.15) is 10.5 Å². The molecule has 0 atom stereocenters. The van der Waals surface area contributed by atoms with Gasteiger partial charge in [0.05, 0.1) is 6.61 Å². The number of rotatable bonds is 6. The maximum Gasteiger partial charge on any atom is 0.276 e. The van der Waals surface area contributed by atoms with E-state index in [0.29, 0.717) is 24.7 Å². The van der Waals surface area contributed by atoms with Gasteiger partial charge in [-0.2, -0.15) is 0 Å². The third kappa shape index (κ3) is 4.70. The van der Waals surface area contributed by atoms with Gasteiger partial charge in [0.15, 0.2) is 10.8 Å². The van der Waals surface area contributed by atoms with Crippen LogP contribution in [0.5, 0.6) is 5.75 Å². The van der Waals surface area contributed by atoms with Gasteiger partial charge in [0, 0.05) is 12.8 Å². The number of hydrogen-bond donors (Lipinski definition) is 1. The first kappa shape index (κ1) is 15.2. The molecule has 0 radical (unpaired) electrons. The Hall–Kier alpha value is -2.18. The number of carbonyl (C=O) groups is 1. The highest BCUT2D eigenvalue weighted by Gasteiger charge is 2.08. The fourth-order valence-corrected chi connectivity index (χ4v) is 1.61. The van der Waals surface area contributed by atoms with Crippen LogP contribution in [-0.2, 0) is 4.74 Å². The van der Waals surface area contributed by atoms with E-state index in [1.807, 2.05) is 0 Å². The first-order chi connectivity index (χ1) is 10.2. The summed E-state index contributed by atoms with van der Waals surface area (Å²) in [6.45, 7) is 0.996. The van der Waals surface area contributed by atoms with Gasteiger partial charge in [-0.15, -0.1) is 10.2 Å². The predicted octanol–water partition coefficient (Wildman–Crippen LogP) is 2.41. The van der Waals surface area contributed by atoms with E-state index in [2.05, 4.69) is 15.5 Å². The average molecular weight is 308 g/mol. The van der Waals surface area contributed by atoms with Crippen LogP contribution >= 0.6 is 11.6 Å². The summed E-state index contributed by atoms with van der Waals surface area (Å²) in [7, 11) is 1.61. The zero-order valence-electron chi connectivity index (χ0n) is 11.4. The fourth-order valence-electron chi connectivity index (χ4n) is 1.51. The lowest BCUT2D eigenvalue weighted by molar-refractivity contribution is 0.102. The number of aromatic nitrogens is 2. The van der Waals surface area contributed by atoms with E-state index in [4.69, 9.17) is 21.1 Å². The van der Waals surface area contributed by atoms with Gasteiger partial charge in [-0.05, 0) is 36.4 Å². The zero-order chi connectivity index (χ0) is 15.1. The lowest BCUT2D eigenvalue weighted by Gasteiger charge is -2.07. The number of nitrogens with one attached hydrogen (secondary N) is 1. The number of hydrogen-bond acceptors (Lipinski definition) is 5. The van der Waals surface area contributed by atoms with Crippen LogP contribution in [0.2, 0.25) is 5.15 Å². The molecule has 6 nitrogen and oxygen atoms in total. The van der Waals surface area contributed by atoms with Crippen LogP contribution in [-0.4, -0.2) is 36.4 Å². The molecule has 0 spiro atoms. The van der Waals surface area contributed by atoms with Crippen molar-refractivity contribution in [3.8, 4) is 5.75 Å². The van der Waals surface area contributed by atoms with Gasteiger partial charge in [-0.1, -0.05) is 11.6 Å². The van der Waals surface area contributed by atoms with E-state index in [1.54, 1.807) is 31.4 Å². The van der Waals surface area contributed by atoms with Crippen molar-refractivity contribution >= 4 is 23.2 Å². The summed E-state index contributed by atoms with van der Waals surface area (Å²) < 4.78 is 10.3. The van der Waals surface area contributed by atoms with Gasteiger partial charge >= 0.3 is 0 Å². The summed E-state index contributed by atoms with van der Waals surface area (Å²) in [5, 5.41) is 10.3. The quantitative estimate of drug-likeness (QED) is 0.830. The number of ether oxygens (including phenoxy) is 2. The number of carbonyl (C=O) groups excluding carboxylic acids is 1. The zero-order valence-corrected chi connectivity index (χ0v) is 12.1. The maximum atomic E-state index is 11.9. The molecule has 0 aliphatic carbocycles. The van der Waals surface area contributed by atoms with Crippen molar-refractivity contribution in [2.75, 3.05) is 25.6 Å². The first-order valence-corrected chi connectivity index (χ1v) is 6.59. The molecule has 1 aromatic carbocycles. The average Bonchev–Trinajstić information content (AvgIpc) is 2.50. The smallest absolute Gasteiger partial charge is 0.276 e. The van der Waals surface area contributed by atoms with E-state index in [1.165, 1.54) is 12.1 Å². The Bertz CT molecular complexity index is 587. The van der Waals surface area contributed by atoms with Crippen LogP contribution in [0.15, 0.2) is 36.4 Å². The Kier molecular flexibility index (Phi) is 5.48. The standard InChI is InChI=1S/C14H14ClN3O3/c1-20-8-9-21-11-4-2-10(3-5-11)16-14(19)12-6-7-13(15)18-17-12/h2-7H,8-9H2,1H3,(H,16,19). The highest BCUT2D eigenvalue weighted by atomic mass is 35.5. The topological polar surface area (TPSA) is 73.3 Å². The number of amides is 1. The molecule has 0 saturated carbocycles. The number of halogens is 1. The summed E-state index contributed by atoms with van der Waals surface area (Å²) >= 11 is 5.62. The molecular formula is C14H14ClN3O3. The Morgan fingerprint density at radius 2 is 1.90 bits per heavy atom. The van der Waals surface area contributed by atoms with Crippen molar-refractivity contribution in [2.24, 2.45) is 0 Å². The minimum Gasteiger partial charge on any atom is -0.491 e. The van der Waals surface area contributed by atoms with Gasteiger partial charge in [0.2, 0.25) is 0 Å². The summed E-state index contributed by atoms with van der Waals surface area (Å²) in [4.78, 5) is 11.9. The van der Waals surface area contributed by atoms with Crippen molar-refractivity contribution in [2.45, 2.75) is 0 Å². The summed E-state index contributed by atoms with van der Waals surface area (Å²) in [5.74, 6) is 0.351. The highest BCUT2D eigenvalue weighted by molar-refractivity contribution is 6.29. The van der Waals surface area contributed by atoms with Gasteiger partial charge in [-0.25, -0.2) is 0 Å². The van der Waals surface area contributed by atoms with Crippen LogP contribution < -0.4 is 10.1 Å². The summed E-state index contributed by atoms with van der Waals surface area (Å²) in [6, 6.07) is 10.0. The predicted molar refractivity (Wildman–Crippen MR) is 78.8 cm³/mol. The van der Waals surface area contributed by atoms with Crippen molar-refractivity contribution < 1.29 is 14.3 Å². The van der Waals surface area contributed by atoms with E-state index >= 15 is 0 Å². The number of nitrogens with zero attached hydrogens (tertiary/aromatic N) is 2. The lowest BCUT2D eigenvalue weighted by Crippen LogP contribution is -2.14. The third-order valence-electron chi connectivity index (χ3n) is 2.53. The molecule has 1 aromatic heterocycles. The van der Waals surface area contributed by atoms with Gasteiger partial charge in [-0.3, -0.25) is 4.79 Å². The monoisotopic (exact) mass is 307 g/mol. The summed E-state index contributed by atoms with van der Waals surface area (Å²) in [5.41, 5.74) is 0.829. The van der Waals surface area contributed by atoms with Crippen molar-refractivity contribution in [3.05, 3.63) is 47.2 Å².